The molecule has 4 nitrogen and oxygen atoms in total. The lowest BCUT2D eigenvalue weighted by molar-refractivity contribution is -0.116. The first-order valence-electron chi connectivity index (χ1n) is 7.18. The van der Waals surface area contributed by atoms with Crippen molar-refractivity contribution in [3.63, 3.8) is 0 Å². The lowest BCUT2D eigenvalue weighted by atomic mass is 9.92. The second-order valence-electron chi connectivity index (χ2n) is 5.35. The first-order chi connectivity index (χ1) is 10.5. The lowest BCUT2D eigenvalue weighted by Gasteiger charge is -2.28. The summed E-state index contributed by atoms with van der Waals surface area (Å²) in [7, 11) is 1.71. The van der Waals surface area contributed by atoms with Gasteiger partial charge in [0.05, 0.1) is 17.9 Å². The Hall–Kier alpha value is -1.04. The van der Waals surface area contributed by atoms with Crippen LogP contribution in [-0.4, -0.2) is 30.3 Å². The number of nitrogens with one attached hydrogen (secondary N) is 1. The topological polar surface area (TPSA) is 58.6 Å². The molecule has 1 aliphatic rings. The van der Waals surface area contributed by atoms with Crippen LogP contribution in [0.15, 0.2) is 28.9 Å². The minimum atomic E-state index is -0.316. The summed E-state index contributed by atoms with van der Waals surface area (Å²) < 4.78 is 6.12. The molecule has 1 fully saturated rings. The molecular weight excluding hydrogens is 370 g/mol. The number of aliphatic hydroxyl groups is 1. The summed E-state index contributed by atoms with van der Waals surface area (Å²) in [5.41, 5.74) is 0.668. The van der Waals surface area contributed by atoms with E-state index in [1.807, 2.05) is 0 Å². The molecule has 1 saturated carbocycles. The Kier molecular flexibility index (Phi) is 6.29. The first-order valence-corrected chi connectivity index (χ1v) is 8.35. The highest BCUT2D eigenvalue weighted by atomic mass is 79.9. The fourth-order valence-electron chi connectivity index (χ4n) is 2.66. The van der Waals surface area contributed by atoms with E-state index in [9.17, 15) is 9.90 Å². The average molecular weight is 389 g/mol. The van der Waals surface area contributed by atoms with Crippen molar-refractivity contribution in [2.24, 2.45) is 0 Å². The predicted octanol–water partition coefficient (Wildman–Crippen LogP) is 4.08. The van der Waals surface area contributed by atoms with Gasteiger partial charge in [0.1, 0.15) is 0 Å². The first kappa shape index (κ1) is 17.3. The molecule has 0 bridgehead atoms. The molecule has 6 heteroatoms. The van der Waals surface area contributed by atoms with E-state index in [4.69, 9.17) is 16.3 Å². The van der Waals surface area contributed by atoms with Gasteiger partial charge in [-0.1, -0.05) is 27.5 Å². The van der Waals surface area contributed by atoms with E-state index >= 15 is 0 Å². The van der Waals surface area contributed by atoms with E-state index in [0.717, 1.165) is 36.4 Å². The molecule has 2 rings (SSSR count). The van der Waals surface area contributed by atoms with Gasteiger partial charge in [-0.05, 0) is 43.9 Å². The van der Waals surface area contributed by atoms with Gasteiger partial charge in [-0.2, -0.15) is 0 Å². The summed E-state index contributed by atoms with van der Waals surface area (Å²) in [6.45, 7) is 0. The highest BCUT2D eigenvalue weighted by Gasteiger charge is 2.24. The minimum Gasteiger partial charge on any atom is -0.515 e. The second kappa shape index (κ2) is 7.99. The zero-order valence-corrected chi connectivity index (χ0v) is 14.7. The fourth-order valence-corrected chi connectivity index (χ4v) is 3.24. The molecule has 0 unspecified atom stereocenters. The molecule has 1 aromatic rings. The molecule has 1 aliphatic carbocycles. The second-order valence-corrected chi connectivity index (χ2v) is 6.67. The van der Waals surface area contributed by atoms with Crippen LogP contribution in [0.3, 0.4) is 0 Å². The standard InChI is InChI=1S/C16H19BrClNO3/c1-22-12-5-3-11(4-6-12)19-16(21)14(9-20)13-8-10(17)2-7-15(13)18/h2,7-9,11-12,20H,3-6H2,1H3,(H,19,21)/b14-9+. The van der Waals surface area contributed by atoms with Crippen LogP contribution in [0.2, 0.25) is 5.02 Å². The predicted molar refractivity (Wildman–Crippen MR) is 91.0 cm³/mol. The van der Waals surface area contributed by atoms with Crippen LogP contribution in [-0.2, 0) is 9.53 Å². The Labute approximate surface area is 143 Å². The lowest BCUT2D eigenvalue weighted by Crippen LogP contribution is -2.39. The van der Waals surface area contributed by atoms with Gasteiger partial charge in [0.2, 0.25) is 0 Å². The molecule has 120 valence electrons. The van der Waals surface area contributed by atoms with Crippen molar-refractivity contribution in [3.05, 3.63) is 39.5 Å². The summed E-state index contributed by atoms with van der Waals surface area (Å²) in [6.07, 6.45) is 4.68. The molecule has 0 spiro atoms. The molecule has 0 heterocycles. The van der Waals surface area contributed by atoms with Crippen LogP contribution in [0.4, 0.5) is 0 Å². The largest absolute Gasteiger partial charge is 0.515 e. The number of rotatable bonds is 4. The Morgan fingerprint density at radius 2 is 2.09 bits per heavy atom. The number of benzene rings is 1. The molecule has 0 radical (unpaired) electrons. The highest BCUT2D eigenvalue weighted by molar-refractivity contribution is 9.10. The smallest absolute Gasteiger partial charge is 0.255 e. The van der Waals surface area contributed by atoms with Gasteiger partial charge in [-0.3, -0.25) is 4.79 Å². The van der Waals surface area contributed by atoms with E-state index in [-0.39, 0.29) is 23.6 Å². The minimum absolute atomic E-state index is 0.0970. The molecule has 2 N–H and O–H groups in total. The van der Waals surface area contributed by atoms with Gasteiger partial charge in [0.25, 0.3) is 5.91 Å². The van der Waals surface area contributed by atoms with Gasteiger partial charge in [0.15, 0.2) is 0 Å². The van der Waals surface area contributed by atoms with Crippen molar-refractivity contribution in [1.29, 1.82) is 0 Å². The number of amides is 1. The molecule has 0 aromatic heterocycles. The van der Waals surface area contributed by atoms with Crippen LogP contribution in [0, 0.1) is 0 Å². The third-order valence-corrected chi connectivity index (χ3v) is 4.76. The summed E-state index contributed by atoms with van der Waals surface area (Å²) in [6, 6.07) is 5.28. The van der Waals surface area contributed by atoms with Gasteiger partial charge >= 0.3 is 0 Å². The molecule has 0 saturated heterocycles. The van der Waals surface area contributed by atoms with Crippen molar-refractivity contribution in [2.75, 3.05) is 7.11 Å². The Balaban J connectivity index is 2.06. The van der Waals surface area contributed by atoms with Crippen molar-refractivity contribution in [1.82, 2.24) is 5.32 Å². The number of hydrogen-bond donors (Lipinski definition) is 2. The molecular formula is C16H19BrClNO3. The molecule has 1 amide bonds. The number of carbonyl (C=O) groups excluding carboxylic acids is 1. The Morgan fingerprint density at radius 3 is 2.68 bits per heavy atom. The van der Waals surface area contributed by atoms with E-state index in [0.29, 0.717) is 10.6 Å². The van der Waals surface area contributed by atoms with Gasteiger partial charge in [-0.25, -0.2) is 0 Å². The molecule has 0 atom stereocenters. The maximum absolute atomic E-state index is 12.4. The molecule has 22 heavy (non-hydrogen) atoms. The summed E-state index contributed by atoms with van der Waals surface area (Å²) in [4.78, 5) is 12.4. The number of methoxy groups -OCH3 is 1. The number of ether oxygens (including phenoxy) is 1. The van der Waals surface area contributed by atoms with Crippen molar-refractivity contribution in [3.8, 4) is 0 Å². The summed E-state index contributed by atoms with van der Waals surface area (Å²) in [5, 5.41) is 12.8. The molecule has 1 aromatic carbocycles. The quantitative estimate of drug-likeness (QED) is 0.604. The van der Waals surface area contributed by atoms with E-state index < -0.39 is 0 Å². The summed E-state index contributed by atoms with van der Waals surface area (Å²) >= 11 is 9.47. The third-order valence-electron chi connectivity index (χ3n) is 3.94. The van der Waals surface area contributed by atoms with Crippen molar-refractivity contribution < 1.29 is 14.6 Å². The maximum atomic E-state index is 12.4. The number of carbonyl (C=O) groups is 1. The van der Waals surface area contributed by atoms with Crippen molar-refractivity contribution >= 4 is 39.0 Å². The Bertz CT molecular complexity index is 569. The monoisotopic (exact) mass is 387 g/mol. The normalized spacial score (nSPS) is 22.4. The van der Waals surface area contributed by atoms with Crippen LogP contribution in [0.5, 0.6) is 0 Å². The van der Waals surface area contributed by atoms with Crippen LogP contribution < -0.4 is 5.32 Å². The Morgan fingerprint density at radius 1 is 1.41 bits per heavy atom. The van der Waals surface area contributed by atoms with Crippen LogP contribution in [0.25, 0.3) is 5.57 Å². The average Bonchev–Trinajstić information content (AvgIpc) is 2.52. The van der Waals surface area contributed by atoms with Gasteiger partial charge in [0, 0.05) is 28.2 Å². The van der Waals surface area contributed by atoms with E-state index in [2.05, 4.69) is 21.2 Å². The van der Waals surface area contributed by atoms with E-state index in [1.54, 1.807) is 25.3 Å². The molecule has 0 aliphatic heterocycles. The SMILES string of the molecule is COC1CCC(NC(=O)/C(=C/O)c2cc(Br)ccc2Cl)CC1. The number of halogens is 2. The van der Waals surface area contributed by atoms with Crippen LogP contribution in [0.1, 0.15) is 31.2 Å². The summed E-state index contributed by atoms with van der Waals surface area (Å²) in [5.74, 6) is -0.316. The highest BCUT2D eigenvalue weighted by Crippen LogP contribution is 2.28. The number of hydrogen-bond acceptors (Lipinski definition) is 3. The fraction of sp³-hybridized carbons (Fsp3) is 0.438. The van der Waals surface area contributed by atoms with E-state index in [1.165, 1.54) is 0 Å². The van der Waals surface area contributed by atoms with Crippen molar-refractivity contribution in [2.45, 2.75) is 37.8 Å². The maximum Gasteiger partial charge on any atom is 0.255 e. The van der Waals surface area contributed by atoms with Gasteiger partial charge in [-0.15, -0.1) is 0 Å². The van der Waals surface area contributed by atoms with Gasteiger partial charge < -0.3 is 15.2 Å². The van der Waals surface area contributed by atoms with Crippen LogP contribution >= 0.6 is 27.5 Å². The zero-order chi connectivity index (χ0) is 16.1. The third kappa shape index (κ3) is 4.24. The number of aliphatic hydroxyl groups excluding tert-OH is 1. The zero-order valence-electron chi connectivity index (χ0n) is 12.3.